The number of hydrogen-bond acceptors (Lipinski definition) is 6. The lowest BCUT2D eigenvalue weighted by Gasteiger charge is -2.42. The summed E-state index contributed by atoms with van der Waals surface area (Å²) in [4.78, 5) is 16.2. The van der Waals surface area contributed by atoms with Crippen LogP contribution in [0.15, 0.2) is 59.5 Å². The average molecular weight is 417 g/mol. The minimum absolute atomic E-state index is 0.110. The molecule has 0 saturated carbocycles. The molecular formula is C20H23N3O5S. The summed E-state index contributed by atoms with van der Waals surface area (Å²) in [7, 11) is -2.24. The van der Waals surface area contributed by atoms with Crippen LogP contribution < -0.4 is 0 Å². The first-order chi connectivity index (χ1) is 13.9. The molecule has 2 saturated heterocycles. The highest BCUT2D eigenvalue weighted by atomic mass is 32.2. The van der Waals surface area contributed by atoms with Gasteiger partial charge in [-0.3, -0.25) is 15.0 Å². The molecule has 0 bridgehead atoms. The van der Waals surface area contributed by atoms with Gasteiger partial charge in [-0.15, -0.1) is 0 Å². The van der Waals surface area contributed by atoms with Crippen molar-refractivity contribution < 1.29 is 18.2 Å². The molecule has 0 radical (unpaired) electrons. The Labute approximate surface area is 169 Å². The van der Waals surface area contributed by atoms with Crippen LogP contribution >= 0.6 is 0 Å². The Morgan fingerprint density at radius 1 is 1.14 bits per heavy atom. The zero-order chi connectivity index (χ0) is 20.6. The van der Waals surface area contributed by atoms with E-state index in [9.17, 15) is 18.5 Å². The van der Waals surface area contributed by atoms with Crippen molar-refractivity contribution in [1.82, 2.24) is 9.37 Å². The summed E-state index contributed by atoms with van der Waals surface area (Å²) in [6, 6.07) is 14.7. The highest BCUT2D eigenvalue weighted by molar-refractivity contribution is 7.89. The number of sulfonamides is 1. The topological polar surface area (TPSA) is 93.0 Å². The number of hydroxylamine groups is 2. The van der Waals surface area contributed by atoms with Crippen molar-refractivity contribution in [2.24, 2.45) is 5.92 Å². The Kier molecular flexibility index (Phi) is 5.39. The molecule has 0 N–H and O–H groups in total. The van der Waals surface area contributed by atoms with E-state index in [0.29, 0.717) is 26.0 Å². The molecular weight excluding hydrogens is 394 g/mol. The van der Waals surface area contributed by atoms with Gasteiger partial charge in [0, 0.05) is 31.6 Å². The fraction of sp³-hybridized carbons (Fsp3) is 0.400. The van der Waals surface area contributed by atoms with Crippen LogP contribution in [0.2, 0.25) is 0 Å². The third-order valence-corrected chi connectivity index (χ3v) is 7.79. The number of hydrogen-bond donors (Lipinski definition) is 0. The molecule has 0 amide bonds. The molecule has 3 unspecified atom stereocenters. The number of nitro benzene ring substituents is 1. The quantitative estimate of drug-likeness (QED) is 0.548. The molecule has 4 rings (SSSR count). The van der Waals surface area contributed by atoms with E-state index in [-0.39, 0.29) is 22.9 Å². The SMILES string of the molecule is CN1OCC2CCN(S(=O)(=O)c3ccccc3[N+](=O)[O-])C(Cc3ccccc3)C21. The van der Waals surface area contributed by atoms with E-state index in [4.69, 9.17) is 4.84 Å². The Morgan fingerprint density at radius 2 is 1.83 bits per heavy atom. The minimum atomic E-state index is -4.06. The summed E-state index contributed by atoms with van der Waals surface area (Å²) in [5, 5.41) is 13.2. The Hall–Kier alpha value is -2.33. The number of nitro groups is 1. The van der Waals surface area contributed by atoms with Crippen LogP contribution in [0.3, 0.4) is 0 Å². The molecule has 2 aliphatic heterocycles. The summed E-state index contributed by atoms with van der Waals surface area (Å²) in [6.07, 6.45) is 1.16. The lowest BCUT2D eigenvalue weighted by atomic mass is 9.85. The lowest BCUT2D eigenvalue weighted by molar-refractivity contribution is -0.387. The molecule has 2 aromatic rings. The van der Waals surface area contributed by atoms with E-state index >= 15 is 0 Å². The number of para-hydroxylation sites is 1. The molecule has 0 spiro atoms. The molecule has 2 fully saturated rings. The number of rotatable bonds is 5. The van der Waals surface area contributed by atoms with E-state index in [0.717, 1.165) is 5.56 Å². The van der Waals surface area contributed by atoms with E-state index in [1.807, 2.05) is 37.4 Å². The standard InChI is InChI=1S/C20H23N3O5S/c1-21-20-16(14-28-21)11-12-22(18(20)13-15-7-3-2-4-8-15)29(26,27)19-10-6-5-9-17(19)23(24)25/h2-10,16,18,20H,11-14H2,1H3. The number of likely N-dealkylation sites (N-methyl/N-ethyl adjacent to an activating group) is 1. The van der Waals surface area contributed by atoms with Gasteiger partial charge in [-0.25, -0.2) is 8.42 Å². The van der Waals surface area contributed by atoms with Gasteiger partial charge in [0.1, 0.15) is 0 Å². The molecule has 2 heterocycles. The zero-order valence-corrected chi connectivity index (χ0v) is 16.9. The fourth-order valence-electron chi connectivity index (χ4n) is 4.46. The van der Waals surface area contributed by atoms with E-state index in [2.05, 4.69) is 0 Å². The lowest BCUT2D eigenvalue weighted by Crippen LogP contribution is -2.57. The number of piperidine rings is 1. The second-order valence-corrected chi connectivity index (χ2v) is 9.34. The maximum Gasteiger partial charge on any atom is 0.289 e. The maximum absolute atomic E-state index is 13.6. The van der Waals surface area contributed by atoms with Crippen LogP contribution in [0.4, 0.5) is 5.69 Å². The molecule has 3 atom stereocenters. The van der Waals surface area contributed by atoms with Gasteiger partial charge in [-0.1, -0.05) is 42.5 Å². The van der Waals surface area contributed by atoms with Gasteiger partial charge in [0.25, 0.3) is 5.69 Å². The Bertz CT molecular complexity index is 998. The Balaban J connectivity index is 1.77. The van der Waals surface area contributed by atoms with Gasteiger partial charge >= 0.3 is 0 Å². The highest BCUT2D eigenvalue weighted by Gasteiger charge is 2.49. The first-order valence-corrected chi connectivity index (χ1v) is 11.0. The van der Waals surface area contributed by atoms with E-state index in [1.165, 1.54) is 28.6 Å². The third-order valence-electron chi connectivity index (χ3n) is 5.82. The molecule has 8 nitrogen and oxygen atoms in total. The molecule has 0 aliphatic carbocycles. The number of nitrogens with zero attached hydrogens (tertiary/aromatic N) is 3. The van der Waals surface area contributed by atoms with Crippen molar-refractivity contribution in [1.29, 1.82) is 0 Å². The highest BCUT2D eigenvalue weighted by Crippen LogP contribution is 2.38. The summed E-state index contributed by atoms with van der Waals surface area (Å²) < 4.78 is 28.6. The second-order valence-electron chi connectivity index (χ2n) is 7.48. The van der Waals surface area contributed by atoms with E-state index < -0.39 is 20.6 Å². The van der Waals surface area contributed by atoms with Crippen LogP contribution in [0.1, 0.15) is 12.0 Å². The van der Waals surface area contributed by atoms with Gasteiger partial charge in [-0.05, 0) is 24.5 Å². The van der Waals surface area contributed by atoms with Crippen LogP contribution in [0.25, 0.3) is 0 Å². The first-order valence-electron chi connectivity index (χ1n) is 9.54. The van der Waals surface area contributed by atoms with Crippen LogP contribution in [-0.4, -0.2) is 55.0 Å². The second kappa shape index (κ2) is 7.83. The first kappa shape index (κ1) is 20.0. The number of benzene rings is 2. The van der Waals surface area contributed by atoms with Gasteiger partial charge in [0.2, 0.25) is 10.0 Å². The van der Waals surface area contributed by atoms with Crippen molar-refractivity contribution >= 4 is 15.7 Å². The normalized spacial score (nSPS) is 25.6. The van der Waals surface area contributed by atoms with Crippen molar-refractivity contribution in [2.45, 2.75) is 29.8 Å². The van der Waals surface area contributed by atoms with Crippen molar-refractivity contribution in [3.05, 3.63) is 70.3 Å². The van der Waals surface area contributed by atoms with Gasteiger partial charge in [0.05, 0.1) is 17.6 Å². The zero-order valence-electron chi connectivity index (χ0n) is 16.0. The largest absolute Gasteiger partial charge is 0.299 e. The van der Waals surface area contributed by atoms with Crippen molar-refractivity contribution in [3.63, 3.8) is 0 Å². The summed E-state index contributed by atoms with van der Waals surface area (Å²) in [6.45, 7) is 0.871. The molecule has 2 aromatic carbocycles. The summed E-state index contributed by atoms with van der Waals surface area (Å²) in [5.74, 6) is 0.228. The molecule has 0 aromatic heterocycles. The number of fused-ring (bicyclic) bond motifs is 1. The van der Waals surface area contributed by atoms with Crippen molar-refractivity contribution in [3.8, 4) is 0 Å². The van der Waals surface area contributed by atoms with Gasteiger partial charge < -0.3 is 0 Å². The van der Waals surface area contributed by atoms with Gasteiger partial charge in [0.15, 0.2) is 4.90 Å². The van der Waals surface area contributed by atoms with Crippen LogP contribution in [-0.2, 0) is 21.3 Å². The van der Waals surface area contributed by atoms with E-state index in [1.54, 1.807) is 5.06 Å². The summed E-state index contributed by atoms with van der Waals surface area (Å²) >= 11 is 0. The monoisotopic (exact) mass is 417 g/mol. The van der Waals surface area contributed by atoms with Crippen LogP contribution in [0, 0.1) is 16.0 Å². The summed E-state index contributed by atoms with van der Waals surface area (Å²) in [5.41, 5.74) is 0.616. The minimum Gasteiger partial charge on any atom is -0.299 e. The third kappa shape index (κ3) is 3.66. The molecule has 2 aliphatic rings. The Morgan fingerprint density at radius 3 is 2.55 bits per heavy atom. The fourth-order valence-corrected chi connectivity index (χ4v) is 6.28. The predicted octanol–water partition coefficient (Wildman–Crippen LogP) is 2.46. The van der Waals surface area contributed by atoms with Crippen molar-refractivity contribution in [2.75, 3.05) is 20.2 Å². The molecule has 154 valence electrons. The predicted molar refractivity (Wildman–Crippen MR) is 107 cm³/mol. The molecule has 29 heavy (non-hydrogen) atoms. The van der Waals surface area contributed by atoms with Crippen LogP contribution in [0.5, 0.6) is 0 Å². The average Bonchev–Trinajstić information content (AvgIpc) is 3.10. The smallest absolute Gasteiger partial charge is 0.289 e. The maximum atomic E-state index is 13.6. The van der Waals surface area contributed by atoms with Gasteiger partial charge in [-0.2, -0.15) is 9.37 Å². The molecule has 9 heteroatoms.